The molecule has 0 N–H and O–H groups in total. The van der Waals surface area contributed by atoms with Gasteiger partial charge in [-0.25, -0.2) is 8.42 Å². The van der Waals surface area contributed by atoms with Crippen molar-refractivity contribution in [2.75, 3.05) is 6.54 Å². The summed E-state index contributed by atoms with van der Waals surface area (Å²) < 4.78 is 33.3. The number of sulfonamides is 1. The number of rotatable bonds is 4. The summed E-state index contributed by atoms with van der Waals surface area (Å²) in [5.74, 6) is 0.793. The summed E-state index contributed by atoms with van der Waals surface area (Å²) >= 11 is 1.51. The molecule has 8 heteroatoms. The number of thiophene rings is 1. The Kier molecular flexibility index (Phi) is 4.18. The lowest BCUT2D eigenvalue weighted by atomic mass is 10.2. The van der Waals surface area contributed by atoms with E-state index in [0.717, 1.165) is 16.9 Å². The maximum absolute atomic E-state index is 13.0. The molecule has 0 bridgehead atoms. The largest absolute Gasteiger partial charge is 0.418 e. The fourth-order valence-electron chi connectivity index (χ4n) is 2.99. The molecule has 1 aliphatic heterocycles. The van der Waals surface area contributed by atoms with Crippen LogP contribution in [0.25, 0.3) is 10.8 Å². The number of aromatic nitrogens is 2. The minimum absolute atomic E-state index is 0.294. The van der Waals surface area contributed by atoms with Crippen LogP contribution in [0.4, 0.5) is 0 Å². The topological polar surface area (TPSA) is 76.3 Å². The Labute approximate surface area is 150 Å². The quantitative estimate of drug-likeness (QED) is 0.696. The summed E-state index contributed by atoms with van der Waals surface area (Å²) in [4.78, 5) is 1.17. The lowest BCUT2D eigenvalue weighted by molar-refractivity contribution is 0.332. The van der Waals surface area contributed by atoms with Crippen molar-refractivity contribution in [2.24, 2.45) is 0 Å². The molecule has 0 aliphatic carbocycles. The van der Waals surface area contributed by atoms with Crippen molar-refractivity contribution in [1.29, 1.82) is 0 Å². The Bertz CT molecular complexity index is 963. The van der Waals surface area contributed by atoms with Crippen LogP contribution in [0.15, 0.2) is 51.1 Å². The Morgan fingerprint density at radius 3 is 2.72 bits per heavy atom. The summed E-state index contributed by atoms with van der Waals surface area (Å²) in [6.07, 6.45) is 1.45. The van der Waals surface area contributed by atoms with E-state index in [1.807, 2.05) is 24.4 Å². The van der Waals surface area contributed by atoms with Crippen molar-refractivity contribution in [3.8, 4) is 10.8 Å². The highest BCUT2D eigenvalue weighted by atomic mass is 32.2. The summed E-state index contributed by atoms with van der Waals surface area (Å²) in [6, 6.07) is 10.3. The van der Waals surface area contributed by atoms with E-state index in [2.05, 4.69) is 10.2 Å². The van der Waals surface area contributed by atoms with Gasteiger partial charge < -0.3 is 4.42 Å². The first-order valence-corrected chi connectivity index (χ1v) is 10.3. The average Bonchev–Trinajstić information content (AvgIpc) is 3.34. The summed E-state index contributed by atoms with van der Waals surface area (Å²) in [7, 11) is -3.59. The Morgan fingerprint density at radius 2 is 2.00 bits per heavy atom. The predicted molar refractivity (Wildman–Crippen MR) is 94.7 cm³/mol. The first-order valence-electron chi connectivity index (χ1n) is 8.01. The number of nitrogens with zero attached hydrogens (tertiary/aromatic N) is 3. The molecule has 1 saturated heterocycles. The van der Waals surface area contributed by atoms with Crippen molar-refractivity contribution in [1.82, 2.24) is 14.5 Å². The summed E-state index contributed by atoms with van der Waals surface area (Å²) in [6.45, 7) is 2.39. The van der Waals surface area contributed by atoms with E-state index in [1.54, 1.807) is 24.3 Å². The number of hydrogen-bond acceptors (Lipinski definition) is 6. The van der Waals surface area contributed by atoms with E-state index >= 15 is 0 Å². The Hall–Kier alpha value is -2.03. The van der Waals surface area contributed by atoms with Crippen LogP contribution in [0.2, 0.25) is 0 Å². The normalized spacial score (nSPS) is 18.7. The summed E-state index contributed by atoms with van der Waals surface area (Å²) in [5, 5.41) is 10.1. The first kappa shape index (κ1) is 16.4. The van der Waals surface area contributed by atoms with Crippen LogP contribution in [0.3, 0.4) is 0 Å². The highest BCUT2D eigenvalue weighted by molar-refractivity contribution is 7.89. The van der Waals surface area contributed by atoms with Gasteiger partial charge in [-0.2, -0.15) is 4.31 Å². The molecule has 1 aromatic carbocycles. The third-order valence-electron chi connectivity index (χ3n) is 4.29. The Balaban J connectivity index is 1.65. The number of benzene rings is 1. The van der Waals surface area contributed by atoms with Crippen molar-refractivity contribution in [3.63, 3.8) is 0 Å². The molecule has 1 fully saturated rings. The molecule has 1 atom stereocenters. The number of hydrogen-bond donors (Lipinski definition) is 0. The molecular formula is C17H17N3O3S2. The van der Waals surface area contributed by atoms with Gasteiger partial charge in [0.1, 0.15) is 6.04 Å². The van der Waals surface area contributed by atoms with Crippen LogP contribution in [0.1, 0.15) is 30.3 Å². The molecule has 0 amide bonds. The molecule has 4 rings (SSSR count). The maximum atomic E-state index is 13.0. The van der Waals surface area contributed by atoms with Gasteiger partial charge in [-0.05, 0) is 43.3 Å². The molecule has 0 unspecified atom stereocenters. The molecule has 1 aliphatic rings. The third kappa shape index (κ3) is 3.01. The second-order valence-electron chi connectivity index (χ2n) is 6.01. The minimum atomic E-state index is -3.59. The fourth-order valence-corrected chi connectivity index (χ4v) is 5.28. The third-order valence-corrected chi connectivity index (χ3v) is 7.07. The maximum Gasteiger partial charge on any atom is 0.257 e. The first-order chi connectivity index (χ1) is 12.1. The zero-order chi connectivity index (χ0) is 17.4. The molecule has 3 aromatic rings. The zero-order valence-corrected chi connectivity index (χ0v) is 15.3. The van der Waals surface area contributed by atoms with Gasteiger partial charge in [0, 0.05) is 6.54 Å². The Morgan fingerprint density at radius 1 is 1.20 bits per heavy atom. The van der Waals surface area contributed by atoms with Crippen molar-refractivity contribution >= 4 is 21.4 Å². The fraction of sp³-hybridized carbons (Fsp3) is 0.294. The van der Waals surface area contributed by atoms with Crippen LogP contribution < -0.4 is 0 Å². The van der Waals surface area contributed by atoms with E-state index in [0.29, 0.717) is 29.6 Å². The van der Waals surface area contributed by atoms with E-state index in [4.69, 9.17) is 4.42 Å². The monoisotopic (exact) mass is 375 g/mol. The van der Waals surface area contributed by atoms with Crippen molar-refractivity contribution in [2.45, 2.75) is 30.7 Å². The van der Waals surface area contributed by atoms with Crippen LogP contribution in [-0.4, -0.2) is 29.5 Å². The van der Waals surface area contributed by atoms with Crippen LogP contribution in [0.5, 0.6) is 0 Å². The van der Waals surface area contributed by atoms with E-state index in [1.165, 1.54) is 15.6 Å². The lowest BCUT2D eigenvalue weighted by Gasteiger charge is -2.21. The molecule has 0 spiro atoms. The highest BCUT2D eigenvalue weighted by Gasteiger charge is 2.39. The second-order valence-corrected chi connectivity index (χ2v) is 8.85. The van der Waals surface area contributed by atoms with E-state index in [9.17, 15) is 8.42 Å². The van der Waals surface area contributed by atoms with Crippen LogP contribution in [0, 0.1) is 6.92 Å². The molecule has 2 aromatic heterocycles. The van der Waals surface area contributed by atoms with Crippen LogP contribution >= 0.6 is 11.3 Å². The molecule has 3 heterocycles. The summed E-state index contributed by atoms with van der Waals surface area (Å²) in [5.41, 5.74) is 1.02. The minimum Gasteiger partial charge on any atom is -0.418 e. The zero-order valence-electron chi connectivity index (χ0n) is 13.6. The molecule has 6 nitrogen and oxygen atoms in total. The molecule has 0 saturated carbocycles. The molecule has 25 heavy (non-hydrogen) atoms. The van der Waals surface area contributed by atoms with Gasteiger partial charge in [-0.1, -0.05) is 23.8 Å². The molecule has 130 valence electrons. The van der Waals surface area contributed by atoms with Gasteiger partial charge in [0.2, 0.25) is 15.9 Å². The smallest absolute Gasteiger partial charge is 0.257 e. The second kappa shape index (κ2) is 6.36. The van der Waals surface area contributed by atoms with Crippen molar-refractivity contribution < 1.29 is 12.8 Å². The number of aryl methyl sites for hydroxylation is 1. The molecule has 0 radical (unpaired) electrons. The van der Waals surface area contributed by atoms with Gasteiger partial charge in [0.15, 0.2) is 0 Å². The van der Waals surface area contributed by atoms with Crippen LogP contribution in [-0.2, 0) is 10.0 Å². The van der Waals surface area contributed by atoms with Gasteiger partial charge in [0.25, 0.3) is 5.89 Å². The SMILES string of the molecule is Cc1ccc(S(=O)(=O)N2CCC[C@H]2c2nnc(-c3cccs3)o2)cc1. The van der Waals surface area contributed by atoms with Crippen molar-refractivity contribution in [3.05, 3.63) is 53.2 Å². The van der Waals surface area contributed by atoms with E-state index in [-0.39, 0.29) is 0 Å². The van der Waals surface area contributed by atoms with E-state index < -0.39 is 16.1 Å². The lowest BCUT2D eigenvalue weighted by Crippen LogP contribution is -2.30. The average molecular weight is 375 g/mol. The van der Waals surface area contributed by atoms with Gasteiger partial charge in [0.05, 0.1) is 9.77 Å². The van der Waals surface area contributed by atoms with Gasteiger partial charge in [-0.15, -0.1) is 21.5 Å². The standard InChI is InChI=1S/C17H17N3O3S2/c1-12-6-8-13(9-7-12)25(21,22)20-10-2-4-14(20)16-18-19-17(23-16)15-5-3-11-24-15/h3,5-9,11,14H,2,4,10H2,1H3/t14-/m0/s1. The predicted octanol–water partition coefficient (Wildman–Crippen LogP) is 3.63. The van der Waals surface area contributed by atoms with Gasteiger partial charge >= 0.3 is 0 Å². The highest BCUT2D eigenvalue weighted by Crippen LogP contribution is 2.37. The van der Waals surface area contributed by atoms with Gasteiger partial charge in [-0.3, -0.25) is 0 Å². The molecular weight excluding hydrogens is 358 g/mol.